The molecule has 2 nitrogen and oxygen atoms in total. The predicted octanol–water partition coefficient (Wildman–Crippen LogP) is 3.76. The molecular weight excluding hydrogens is 234 g/mol. The van der Waals surface area contributed by atoms with Gasteiger partial charge in [0.05, 0.1) is 6.10 Å². The highest BCUT2D eigenvalue weighted by molar-refractivity contribution is 5.25. The van der Waals surface area contributed by atoms with Crippen LogP contribution in [0, 0.1) is 6.92 Å². The van der Waals surface area contributed by atoms with Gasteiger partial charge in [-0.1, -0.05) is 68.9 Å². The van der Waals surface area contributed by atoms with Crippen LogP contribution in [-0.2, 0) is 0 Å². The van der Waals surface area contributed by atoms with Crippen molar-refractivity contribution < 1.29 is 5.11 Å². The molecule has 0 saturated heterocycles. The number of aryl methyl sites for hydroxylation is 1. The SMILES string of the molecule is CCCCCCCC(O)C(CN)c1ccc(C)cc1. The fourth-order valence-corrected chi connectivity index (χ4v) is 2.49. The Hall–Kier alpha value is -0.860. The number of rotatable bonds is 9. The van der Waals surface area contributed by atoms with Gasteiger partial charge in [-0.05, 0) is 18.9 Å². The van der Waals surface area contributed by atoms with Gasteiger partial charge in [0.25, 0.3) is 0 Å². The molecule has 0 fully saturated rings. The minimum atomic E-state index is -0.311. The van der Waals surface area contributed by atoms with E-state index >= 15 is 0 Å². The molecular formula is C17H29NO. The topological polar surface area (TPSA) is 46.2 Å². The summed E-state index contributed by atoms with van der Waals surface area (Å²) >= 11 is 0. The van der Waals surface area contributed by atoms with Crippen LogP contribution in [0.25, 0.3) is 0 Å². The first-order chi connectivity index (χ1) is 9.19. The van der Waals surface area contributed by atoms with E-state index < -0.39 is 0 Å². The Labute approximate surface area is 118 Å². The molecule has 0 aliphatic rings. The van der Waals surface area contributed by atoms with Crippen molar-refractivity contribution in [3.63, 3.8) is 0 Å². The zero-order valence-corrected chi connectivity index (χ0v) is 12.4. The van der Waals surface area contributed by atoms with E-state index in [1.54, 1.807) is 0 Å². The summed E-state index contributed by atoms with van der Waals surface area (Å²) < 4.78 is 0. The van der Waals surface area contributed by atoms with Gasteiger partial charge in [0.2, 0.25) is 0 Å². The van der Waals surface area contributed by atoms with Crippen molar-refractivity contribution in [2.24, 2.45) is 5.73 Å². The van der Waals surface area contributed by atoms with Gasteiger partial charge < -0.3 is 10.8 Å². The summed E-state index contributed by atoms with van der Waals surface area (Å²) in [5, 5.41) is 10.3. The van der Waals surface area contributed by atoms with Crippen molar-refractivity contribution in [2.45, 2.75) is 64.4 Å². The van der Waals surface area contributed by atoms with Gasteiger partial charge in [-0.15, -0.1) is 0 Å². The molecule has 0 aliphatic carbocycles. The molecule has 108 valence electrons. The van der Waals surface area contributed by atoms with Gasteiger partial charge in [0, 0.05) is 12.5 Å². The van der Waals surface area contributed by atoms with Crippen LogP contribution >= 0.6 is 0 Å². The largest absolute Gasteiger partial charge is 0.392 e. The second-order valence-corrected chi connectivity index (χ2v) is 5.52. The molecule has 3 N–H and O–H groups in total. The van der Waals surface area contributed by atoms with E-state index in [0.29, 0.717) is 6.54 Å². The molecule has 19 heavy (non-hydrogen) atoms. The Morgan fingerprint density at radius 2 is 1.68 bits per heavy atom. The third-order valence-electron chi connectivity index (χ3n) is 3.83. The quantitative estimate of drug-likeness (QED) is 0.666. The standard InChI is InChI=1S/C17H29NO/c1-3-4-5-6-7-8-17(19)16(13-18)15-11-9-14(2)10-12-15/h9-12,16-17,19H,3-8,13,18H2,1-2H3. The predicted molar refractivity (Wildman–Crippen MR) is 82.4 cm³/mol. The summed E-state index contributed by atoms with van der Waals surface area (Å²) in [7, 11) is 0. The van der Waals surface area contributed by atoms with Gasteiger partial charge in [-0.3, -0.25) is 0 Å². The average molecular weight is 263 g/mol. The van der Waals surface area contributed by atoms with Crippen LogP contribution in [0.4, 0.5) is 0 Å². The second-order valence-electron chi connectivity index (χ2n) is 5.52. The molecule has 2 heteroatoms. The summed E-state index contributed by atoms with van der Waals surface area (Å²) in [5.74, 6) is 0.0757. The van der Waals surface area contributed by atoms with Crippen molar-refractivity contribution >= 4 is 0 Å². The molecule has 0 spiro atoms. The summed E-state index contributed by atoms with van der Waals surface area (Å²) in [6.45, 7) is 4.81. The van der Waals surface area contributed by atoms with Crippen molar-refractivity contribution in [3.8, 4) is 0 Å². The lowest BCUT2D eigenvalue weighted by molar-refractivity contribution is 0.132. The third kappa shape index (κ3) is 5.75. The number of aliphatic hydroxyl groups excluding tert-OH is 1. The number of hydrogen-bond donors (Lipinski definition) is 2. The third-order valence-corrected chi connectivity index (χ3v) is 3.83. The van der Waals surface area contributed by atoms with Crippen LogP contribution in [0.2, 0.25) is 0 Å². The molecule has 0 amide bonds. The lowest BCUT2D eigenvalue weighted by Crippen LogP contribution is -2.25. The van der Waals surface area contributed by atoms with E-state index in [4.69, 9.17) is 5.73 Å². The minimum Gasteiger partial charge on any atom is -0.392 e. The molecule has 1 rings (SSSR count). The average Bonchev–Trinajstić information content (AvgIpc) is 2.41. The Morgan fingerprint density at radius 3 is 2.26 bits per heavy atom. The number of benzene rings is 1. The molecule has 2 atom stereocenters. The zero-order chi connectivity index (χ0) is 14.1. The minimum absolute atomic E-state index is 0.0757. The zero-order valence-electron chi connectivity index (χ0n) is 12.4. The molecule has 2 unspecified atom stereocenters. The molecule has 1 aromatic rings. The number of hydrogen-bond acceptors (Lipinski definition) is 2. The van der Waals surface area contributed by atoms with E-state index in [2.05, 4.69) is 38.1 Å². The van der Waals surface area contributed by atoms with Gasteiger partial charge in [-0.25, -0.2) is 0 Å². The van der Waals surface area contributed by atoms with E-state index in [9.17, 15) is 5.11 Å². The maximum Gasteiger partial charge on any atom is 0.0620 e. The summed E-state index contributed by atoms with van der Waals surface area (Å²) in [5.41, 5.74) is 8.24. The van der Waals surface area contributed by atoms with Crippen LogP contribution < -0.4 is 5.73 Å². The number of nitrogens with two attached hydrogens (primary N) is 1. The molecule has 0 radical (unpaired) electrons. The van der Waals surface area contributed by atoms with Crippen LogP contribution in [0.1, 0.15) is 62.5 Å². The molecule has 0 heterocycles. The van der Waals surface area contributed by atoms with Gasteiger partial charge >= 0.3 is 0 Å². The maximum absolute atomic E-state index is 10.3. The first-order valence-corrected chi connectivity index (χ1v) is 7.63. The summed E-state index contributed by atoms with van der Waals surface area (Å²) in [6.07, 6.45) is 6.71. The maximum atomic E-state index is 10.3. The normalized spacial score (nSPS) is 14.3. The second kappa shape index (κ2) is 9.11. The number of unbranched alkanes of at least 4 members (excludes halogenated alkanes) is 4. The first kappa shape index (κ1) is 16.2. The highest BCUT2D eigenvalue weighted by atomic mass is 16.3. The van der Waals surface area contributed by atoms with Gasteiger partial charge in [-0.2, -0.15) is 0 Å². The Bertz CT molecular complexity index is 334. The van der Waals surface area contributed by atoms with E-state index in [-0.39, 0.29) is 12.0 Å². The summed E-state index contributed by atoms with van der Waals surface area (Å²) in [6, 6.07) is 8.36. The Kier molecular flexibility index (Phi) is 7.76. The van der Waals surface area contributed by atoms with Crippen molar-refractivity contribution in [1.29, 1.82) is 0 Å². The van der Waals surface area contributed by atoms with Gasteiger partial charge in [0.1, 0.15) is 0 Å². The highest BCUT2D eigenvalue weighted by Gasteiger charge is 2.19. The molecule has 0 aliphatic heterocycles. The smallest absolute Gasteiger partial charge is 0.0620 e. The highest BCUT2D eigenvalue weighted by Crippen LogP contribution is 2.23. The van der Waals surface area contributed by atoms with Crippen LogP contribution in [0.3, 0.4) is 0 Å². The number of aliphatic hydroxyl groups is 1. The van der Waals surface area contributed by atoms with Crippen LogP contribution in [0.5, 0.6) is 0 Å². The van der Waals surface area contributed by atoms with Crippen molar-refractivity contribution in [2.75, 3.05) is 6.54 Å². The Balaban J connectivity index is 2.43. The Morgan fingerprint density at radius 1 is 1.05 bits per heavy atom. The van der Waals surface area contributed by atoms with E-state index in [1.165, 1.54) is 31.2 Å². The first-order valence-electron chi connectivity index (χ1n) is 7.63. The molecule has 1 aromatic carbocycles. The van der Waals surface area contributed by atoms with E-state index in [0.717, 1.165) is 18.4 Å². The molecule has 0 aromatic heterocycles. The fourth-order valence-electron chi connectivity index (χ4n) is 2.49. The van der Waals surface area contributed by atoms with Crippen molar-refractivity contribution in [3.05, 3.63) is 35.4 Å². The monoisotopic (exact) mass is 263 g/mol. The molecule has 0 saturated carbocycles. The van der Waals surface area contributed by atoms with Crippen LogP contribution in [0.15, 0.2) is 24.3 Å². The van der Waals surface area contributed by atoms with E-state index in [1.807, 2.05) is 0 Å². The lowest BCUT2D eigenvalue weighted by Gasteiger charge is -2.22. The molecule has 0 bridgehead atoms. The van der Waals surface area contributed by atoms with Crippen molar-refractivity contribution in [1.82, 2.24) is 0 Å². The van der Waals surface area contributed by atoms with Gasteiger partial charge in [0.15, 0.2) is 0 Å². The lowest BCUT2D eigenvalue weighted by atomic mass is 9.90. The van der Waals surface area contributed by atoms with Crippen LogP contribution in [-0.4, -0.2) is 17.8 Å². The fraction of sp³-hybridized carbons (Fsp3) is 0.647. The summed E-state index contributed by atoms with van der Waals surface area (Å²) in [4.78, 5) is 0.